The Balaban J connectivity index is 1.75. The first-order valence-electron chi connectivity index (χ1n) is 5.43. The third-order valence-electron chi connectivity index (χ3n) is 2.68. The lowest BCUT2D eigenvalue weighted by atomic mass is 10.4. The minimum absolute atomic E-state index is 0.993. The highest BCUT2D eigenvalue weighted by Crippen LogP contribution is 2.13. The van der Waals surface area contributed by atoms with E-state index in [1.165, 1.54) is 29.5 Å². The summed E-state index contributed by atoms with van der Waals surface area (Å²) in [6.45, 7) is 4.65. The SMILES string of the molecule is Ic1cccnc1NCCN1CCCC1. The van der Waals surface area contributed by atoms with E-state index < -0.39 is 0 Å². The summed E-state index contributed by atoms with van der Waals surface area (Å²) in [5, 5.41) is 3.38. The number of pyridine rings is 1. The molecular weight excluding hydrogens is 301 g/mol. The van der Waals surface area contributed by atoms with Gasteiger partial charge in [-0.15, -0.1) is 0 Å². The molecule has 1 fully saturated rings. The lowest BCUT2D eigenvalue weighted by Gasteiger charge is -2.15. The van der Waals surface area contributed by atoms with Crippen molar-refractivity contribution in [3.05, 3.63) is 21.9 Å². The van der Waals surface area contributed by atoms with Crippen LogP contribution in [0, 0.1) is 3.57 Å². The zero-order valence-electron chi connectivity index (χ0n) is 8.75. The largest absolute Gasteiger partial charge is 0.368 e. The number of nitrogens with zero attached hydrogens (tertiary/aromatic N) is 2. The van der Waals surface area contributed by atoms with Crippen molar-refractivity contribution in [3.63, 3.8) is 0 Å². The molecule has 0 radical (unpaired) electrons. The smallest absolute Gasteiger partial charge is 0.139 e. The summed E-state index contributed by atoms with van der Waals surface area (Å²) in [7, 11) is 0. The summed E-state index contributed by atoms with van der Waals surface area (Å²) in [5.41, 5.74) is 0. The lowest BCUT2D eigenvalue weighted by Crippen LogP contribution is -2.26. The molecule has 0 bridgehead atoms. The Morgan fingerprint density at radius 3 is 2.93 bits per heavy atom. The fourth-order valence-corrected chi connectivity index (χ4v) is 2.39. The van der Waals surface area contributed by atoms with Crippen LogP contribution in [0.15, 0.2) is 18.3 Å². The van der Waals surface area contributed by atoms with Crippen LogP contribution in [0.3, 0.4) is 0 Å². The Kier molecular flexibility index (Phi) is 4.19. The maximum absolute atomic E-state index is 4.31. The highest BCUT2D eigenvalue weighted by molar-refractivity contribution is 14.1. The normalized spacial score (nSPS) is 16.9. The number of rotatable bonds is 4. The topological polar surface area (TPSA) is 28.2 Å². The van der Waals surface area contributed by atoms with Crippen LogP contribution in [0.2, 0.25) is 0 Å². The molecule has 15 heavy (non-hydrogen) atoms. The maximum atomic E-state index is 4.31. The van der Waals surface area contributed by atoms with Gasteiger partial charge in [0.25, 0.3) is 0 Å². The minimum Gasteiger partial charge on any atom is -0.368 e. The molecule has 4 heteroatoms. The van der Waals surface area contributed by atoms with Gasteiger partial charge in [-0.2, -0.15) is 0 Å². The van der Waals surface area contributed by atoms with Crippen molar-refractivity contribution in [1.82, 2.24) is 9.88 Å². The second-order valence-corrected chi connectivity index (χ2v) is 4.97. The predicted molar refractivity (Wildman–Crippen MR) is 71.1 cm³/mol. The molecule has 1 aromatic rings. The molecule has 2 heterocycles. The molecule has 0 atom stereocenters. The standard InChI is InChI=1S/C11H16IN3/c12-10-4-3-5-13-11(10)14-6-9-15-7-1-2-8-15/h3-5H,1-2,6-9H2,(H,13,14). The highest BCUT2D eigenvalue weighted by Gasteiger charge is 2.10. The van der Waals surface area contributed by atoms with Gasteiger partial charge in [0, 0.05) is 19.3 Å². The van der Waals surface area contributed by atoms with E-state index in [4.69, 9.17) is 0 Å². The van der Waals surface area contributed by atoms with E-state index in [1.807, 2.05) is 12.3 Å². The molecule has 0 unspecified atom stereocenters. The van der Waals surface area contributed by atoms with Crippen LogP contribution >= 0.6 is 22.6 Å². The van der Waals surface area contributed by atoms with Crippen LogP contribution in [-0.4, -0.2) is 36.1 Å². The number of nitrogens with one attached hydrogen (secondary N) is 1. The van der Waals surface area contributed by atoms with Crippen LogP contribution in [0.4, 0.5) is 5.82 Å². The first-order valence-corrected chi connectivity index (χ1v) is 6.51. The summed E-state index contributed by atoms with van der Waals surface area (Å²) >= 11 is 2.31. The van der Waals surface area contributed by atoms with E-state index in [-0.39, 0.29) is 0 Å². The minimum atomic E-state index is 0.993. The van der Waals surface area contributed by atoms with Crippen molar-refractivity contribution in [3.8, 4) is 0 Å². The molecule has 0 spiro atoms. The molecule has 0 amide bonds. The van der Waals surface area contributed by atoms with E-state index in [9.17, 15) is 0 Å². The number of anilines is 1. The second-order valence-electron chi connectivity index (χ2n) is 3.81. The van der Waals surface area contributed by atoms with Gasteiger partial charge in [0.15, 0.2) is 0 Å². The quantitative estimate of drug-likeness (QED) is 0.863. The number of likely N-dealkylation sites (tertiary alicyclic amines) is 1. The van der Waals surface area contributed by atoms with E-state index in [1.54, 1.807) is 0 Å². The van der Waals surface area contributed by atoms with Crippen molar-refractivity contribution in [2.75, 3.05) is 31.5 Å². The summed E-state index contributed by atoms with van der Waals surface area (Å²) in [6.07, 6.45) is 4.56. The van der Waals surface area contributed by atoms with E-state index in [2.05, 4.69) is 43.9 Å². The Bertz CT molecular complexity index is 310. The number of hydrogen-bond acceptors (Lipinski definition) is 3. The Morgan fingerprint density at radius 1 is 1.40 bits per heavy atom. The van der Waals surface area contributed by atoms with Crippen LogP contribution in [0.5, 0.6) is 0 Å². The van der Waals surface area contributed by atoms with Gasteiger partial charge in [0.05, 0.1) is 3.57 Å². The van der Waals surface area contributed by atoms with Gasteiger partial charge < -0.3 is 10.2 Å². The molecule has 1 N–H and O–H groups in total. The zero-order valence-corrected chi connectivity index (χ0v) is 10.9. The van der Waals surface area contributed by atoms with Crippen LogP contribution in [0.25, 0.3) is 0 Å². The van der Waals surface area contributed by atoms with Gasteiger partial charge in [-0.3, -0.25) is 0 Å². The molecule has 3 nitrogen and oxygen atoms in total. The second kappa shape index (κ2) is 5.65. The molecular formula is C11H16IN3. The van der Waals surface area contributed by atoms with Crippen molar-refractivity contribution < 1.29 is 0 Å². The molecule has 0 aliphatic carbocycles. The monoisotopic (exact) mass is 317 g/mol. The fraction of sp³-hybridized carbons (Fsp3) is 0.545. The van der Waals surface area contributed by atoms with E-state index >= 15 is 0 Å². The summed E-state index contributed by atoms with van der Waals surface area (Å²) in [4.78, 5) is 6.81. The third kappa shape index (κ3) is 3.31. The van der Waals surface area contributed by atoms with Gasteiger partial charge in [-0.05, 0) is 60.7 Å². The van der Waals surface area contributed by atoms with E-state index in [0.29, 0.717) is 0 Å². The average Bonchev–Trinajstić information content (AvgIpc) is 2.74. The van der Waals surface area contributed by atoms with E-state index in [0.717, 1.165) is 18.9 Å². The molecule has 0 saturated carbocycles. The van der Waals surface area contributed by atoms with Crippen molar-refractivity contribution in [1.29, 1.82) is 0 Å². The number of aromatic nitrogens is 1. The molecule has 1 aromatic heterocycles. The van der Waals surface area contributed by atoms with Gasteiger partial charge in [-0.25, -0.2) is 4.98 Å². The van der Waals surface area contributed by atoms with Gasteiger partial charge in [-0.1, -0.05) is 0 Å². The lowest BCUT2D eigenvalue weighted by molar-refractivity contribution is 0.352. The summed E-state index contributed by atoms with van der Waals surface area (Å²) in [6, 6.07) is 4.04. The Morgan fingerprint density at radius 2 is 2.20 bits per heavy atom. The Labute approximate surface area is 104 Å². The van der Waals surface area contributed by atoms with Crippen LogP contribution < -0.4 is 5.32 Å². The number of hydrogen-bond donors (Lipinski definition) is 1. The maximum Gasteiger partial charge on any atom is 0.139 e. The molecule has 1 aliphatic rings. The molecule has 1 aliphatic heterocycles. The van der Waals surface area contributed by atoms with Crippen molar-refractivity contribution in [2.45, 2.75) is 12.8 Å². The molecule has 1 saturated heterocycles. The first kappa shape index (κ1) is 11.1. The fourth-order valence-electron chi connectivity index (χ4n) is 1.85. The van der Waals surface area contributed by atoms with Gasteiger partial charge >= 0.3 is 0 Å². The summed E-state index contributed by atoms with van der Waals surface area (Å²) < 4.78 is 1.19. The van der Waals surface area contributed by atoms with Gasteiger partial charge in [0.2, 0.25) is 0 Å². The van der Waals surface area contributed by atoms with Gasteiger partial charge in [0.1, 0.15) is 5.82 Å². The van der Waals surface area contributed by atoms with Crippen LogP contribution in [-0.2, 0) is 0 Å². The molecule has 2 rings (SSSR count). The van der Waals surface area contributed by atoms with Crippen molar-refractivity contribution in [2.24, 2.45) is 0 Å². The Hall–Kier alpha value is -0.360. The third-order valence-corrected chi connectivity index (χ3v) is 3.55. The number of halogens is 1. The predicted octanol–water partition coefficient (Wildman–Crippen LogP) is 2.19. The molecule has 0 aromatic carbocycles. The zero-order chi connectivity index (χ0) is 10.5. The summed E-state index contributed by atoms with van der Waals surface area (Å²) in [5.74, 6) is 1.01. The highest BCUT2D eigenvalue weighted by atomic mass is 127. The van der Waals surface area contributed by atoms with Crippen LogP contribution in [0.1, 0.15) is 12.8 Å². The molecule has 82 valence electrons. The van der Waals surface area contributed by atoms with Crippen molar-refractivity contribution >= 4 is 28.4 Å². The average molecular weight is 317 g/mol. The first-order chi connectivity index (χ1) is 7.36.